The van der Waals surface area contributed by atoms with E-state index in [0.29, 0.717) is 21.3 Å². The first-order chi connectivity index (χ1) is 10.9. The minimum Gasteiger partial charge on any atom is -0.232 e. The molecule has 7 heteroatoms. The van der Waals surface area contributed by atoms with Gasteiger partial charge in [0, 0.05) is 11.8 Å². The van der Waals surface area contributed by atoms with Gasteiger partial charge in [-0.25, -0.2) is 13.1 Å². The van der Waals surface area contributed by atoms with Crippen molar-refractivity contribution < 1.29 is 8.42 Å². The number of halogens is 2. The number of hydrogen-bond donors (Lipinski definition) is 0. The van der Waals surface area contributed by atoms with Gasteiger partial charge in [0.25, 0.3) is 0 Å². The Bertz CT molecular complexity index is 967. The fourth-order valence-electron chi connectivity index (χ4n) is 2.28. The molecule has 3 aromatic rings. The Morgan fingerprint density at radius 3 is 2.30 bits per heavy atom. The molecule has 0 spiro atoms. The largest absolute Gasteiger partial charge is 0.232 e. The number of aromatic nitrogens is 2. The molecule has 0 unspecified atom stereocenters. The normalized spacial score (nSPS) is 11.6. The predicted octanol–water partition coefficient (Wildman–Crippen LogP) is 4.25. The van der Waals surface area contributed by atoms with Gasteiger partial charge in [0.05, 0.1) is 27.6 Å². The number of sulfone groups is 1. The zero-order valence-electron chi connectivity index (χ0n) is 12.1. The molecule has 1 heterocycles. The van der Waals surface area contributed by atoms with Gasteiger partial charge in [0.15, 0.2) is 9.84 Å². The maximum absolute atomic E-state index is 12.1. The fourth-order valence-corrected chi connectivity index (χ4v) is 3.37. The van der Waals surface area contributed by atoms with E-state index < -0.39 is 9.84 Å². The van der Waals surface area contributed by atoms with Crippen LogP contribution in [0.3, 0.4) is 0 Å². The summed E-state index contributed by atoms with van der Waals surface area (Å²) in [5.74, 6) is 0. The third-order valence-corrected chi connectivity index (χ3v) is 5.17. The molecule has 4 nitrogen and oxygen atoms in total. The summed E-state index contributed by atoms with van der Waals surface area (Å²) in [6.07, 6.45) is 2.50. The molecule has 0 saturated carbocycles. The molecule has 0 aliphatic rings. The van der Waals surface area contributed by atoms with E-state index in [2.05, 4.69) is 5.10 Å². The van der Waals surface area contributed by atoms with Gasteiger partial charge in [-0.05, 0) is 24.3 Å². The van der Waals surface area contributed by atoms with E-state index in [1.807, 2.05) is 30.3 Å². The summed E-state index contributed by atoms with van der Waals surface area (Å²) in [6, 6.07) is 14.3. The fraction of sp³-hybridized carbons (Fsp3) is 0.0625. The standard InChI is InChI=1S/C16H12Cl2N2O2S/c1-23(21,22)15-10-19-20(12-5-3-2-4-6-12)16(15)11-7-8-13(17)14(18)9-11/h2-10H,1H3. The van der Waals surface area contributed by atoms with Crippen LogP contribution in [0.2, 0.25) is 10.0 Å². The molecular formula is C16H12Cl2N2O2S. The van der Waals surface area contributed by atoms with Crippen LogP contribution in [0.25, 0.3) is 16.9 Å². The zero-order valence-corrected chi connectivity index (χ0v) is 14.4. The van der Waals surface area contributed by atoms with Crippen LogP contribution in [0.1, 0.15) is 0 Å². The summed E-state index contributed by atoms with van der Waals surface area (Å²) in [5.41, 5.74) is 1.84. The molecule has 0 aliphatic carbocycles. The monoisotopic (exact) mass is 366 g/mol. The summed E-state index contributed by atoms with van der Waals surface area (Å²) >= 11 is 12.0. The topological polar surface area (TPSA) is 52.0 Å². The van der Waals surface area contributed by atoms with Crippen molar-refractivity contribution in [3.8, 4) is 16.9 Å². The lowest BCUT2D eigenvalue weighted by Crippen LogP contribution is -2.03. The molecule has 118 valence electrons. The number of nitrogens with zero attached hydrogens (tertiary/aromatic N) is 2. The van der Waals surface area contributed by atoms with Gasteiger partial charge in [0.1, 0.15) is 4.90 Å². The molecule has 3 rings (SSSR count). The summed E-state index contributed by atoms with van der Waals surface area (Å²) < 4.78 is 25.8. The van der Waals surface area contributed by atoms with Crippen molar-refractivity contribution in [2.45, 2.75) is 4.90 Å². The molecular weight excluding hydrogens is 355 g/mol. The number of benzene rings is 2. The van der Waals surface area contributed by atoms with E-state index in [1.165, 1.54) is 6.20 Å². The van der Waals surface area contributed by atoms with Crippen LogP contribution in [-0.2, 0) is 9.84 Å². The molecule has 0 N–H and O–H groups in total. The van der Waals surface area contributed by atoms with Crippen LogP contribution < -0.4 is 0 Å². The minimum atomic E-state index is -3.45. The quantitative estimate of drug-likeness (QED) is 0.696. The maximum atomic E-state index is 12.1. The smallest absolute Gasteiger partial charge is 0.179 e. The second-order valence-corrected chi connectivity index (χ2v) is 7.80. The van der Waals surface area contributed by atoms with Crippen LogP contribution in [0, 0.1) is 0 Å². The Balaban J connectivity index is 2.32. The van der Waals surface area contributed by atoms with Crippen molar-refractivity contribution >= 4 is 33.0 Å². The molecule has 0 fully saturated rings. The van der Waals surface area contributed by atoms with Crippen LogP contribution >= 0.6 is 23.2 Å². The SMILES string of the molecule is CS(=O)(=O)c1cnn(-c2ccccc2)c1-c1ccc(Cl)c(Cl)c1. The molecule has 0 aliphatic heterocycles. The molecule has 0 saturated heterocycles. The Hall–Kier alpha value is -1.82. The lowest BCUT2D eigenvalue weighted by atomic mass is 10.1. The van der Waals surface area contributed by atoms with Crippen molar-refractivity contribution in [3.63, 3.8) is 0 Å². The van der Waals surface area contributed by atoms with Crippen LogP contribution in [0.4, 0.5) is 0 Å². The van der Waals surface area contributed by atoms with E-state index >= 15 is 0 Å². The zero-order chi connectivity index (χ0) is 16.6. The number of rotatable bonds is 3. The second kappa shape index (κ2) is 6.00. The summed E-state index contributed by atoms with van der Waals surface area (Å²) in [5, 5.41) is 5.00. The van der Waals surface area contributed by atoms with Crippen LogP contribution in [0.5, 0.6) is 0 Å². The maximum Gasteiger partial charge on any atom is 0.179 e. The summed E-state index contributed by atoms with van der Waals surface area (Å²) in [7, 11) is -3.45. The Labute approximate surface area is 144 Å². The molecule has 23 heavy (non-hydrogen) atoms. The van der Waals surface area contributed by atoms with Crippen molar-refractivity contribution in [3.05, 3.63) is 64.8 Å². The highest BCUT2D eigenvalue weighted by Crippen LogP contribution is 2.33. The Morgan fingerprint density at radius 2 is 1.70 bits per heavy atom. The van der Waals surface area contributed by atoms with E-state index in [0.717, 1.165) is 11.9 Å². The van der Waals surface area contributed by atoms with Gasteiger partial charge in [-0.3, -0.25) is 0 Å². The van der Waals surface area contributed by atoms with Crippen LogP contribution in [-0.4, -0.2) is 24.5 Å². The molecule has 0 amide bonds. The van der Waals surface area contributed by atoms with Gasteiger partial charge in [-0.1, -0.05) is 47.5 Å². The molecule has 0 bridgehead atoms. The summed E-state index contributed by atoms with van der Waals surface area (Å²) in [4.78, 5) is 0.139. The van der Waals surface area contributed by atoms with Gasteiger partial charge >= 0.3 is 0 Å². The highest BCUT2D eigenvalue weighted by molar-refractivity contribution is 7.90. The van der Waals surface area contributed by atoms with E-state index in [-0.39, 0.29) is 4.90 Å². The third-order valence-electron chi connectivity index (χ3n) is 3.33. The van der Waals surface area contributed by atoms with Gasteiger partial charge in [0.2, 0.25) is 0 Å². The van der Waals surface area contributed by atoms with E-state index in [4.69, 9.17) is 23.2 Å². The Morgan fingerprint density at radius 1 is 1.00 bits per heavy atom. The molecule has 0 radical (unpaired) electrons. The van der Waals surface area contributed by atoms with Gasteiger partial charge in [-0.2, -0.15) is 5.10 Å². The number of para-hydroxylation sites is 1. The van der Waals surface area contributed by atoms with Gasteiger partial charge in [-0.15, -0.1) is 0 Å². The first-order valence-corrected chi connectivity index (χ1v) is 9.31. The van der Waals surface area contributed by atoms with E-state index in [9.17, 15) is 8.42 Å². The third kappa shape index (κ3) is 3.13. The first kappa shape index (κ1) is 16.1. The molecule has 1 aromatic heterocycles. The average molecular weight is 367 g/mol. The number of hydrogen-bond acceptors (Lipinski definition) is 3. The van der Waals surface area contributed by atoms with Gasteiger partial charge < -0.3 is 0 Å². The van der Waals surface area contributed by atoms with E-state index in [1.54, 1.807) is 22.9 Å². The highest BCUT2D eigenvalue weighted by Gasteiger charge is 2.22. The van der Waals surface area contributed by atoms with Crippen molar-refractivity contribution in [1.29, 1.82) is 0 Å². The lowest BCUT2D eigenvalue weighted by molar-refractivity contribution is 0.602. The predicted molar refractivity (Wildman–Crippen MR) is 92.1 cm³/mol. The second-order valence-electron chi connectivity index (χ2n) is 5.01. The average Bonchev–Trinajstić information content (AvgIpc) is 2.96. The highest BCUT2D eigenvalue weighted by atomic mass is 35.5. The van der Waals surface area contributed by atoms with Crippen molar-refractivity contribution in [1.82, 2.24) is 9.78 Å². The molecule has 0 atom stereocenters. The Kier molecular flexibility index (Phi) is 4.19. The van der Waals surface area contributed by atoms with Crippen molar-refractivity contribution in [2.24, 2.45) is 0 Å². The summed E-state index contributed by atoms with van der Waals surface area (Å²) in [6.45, 7) is 0. The minimum absolute atomic E-state index is 0.139. The molecule has 2 aromatic carbocycles. The lowest BCUT2D eigenvalue weighted by Gasteiger charge is -2.10. The first-order valence-electron chi connectivity index (χ1n) is 6.67. The van der Waals surface area contributed by atoms with Crippen molar-refractivity contribution in [2.75, 3.05) is 6.26 Å². The van der Waals surface area contributed by atoms with Crippen LogP contribution in [0.15, 0.2) is 59.6 Å².